The van der Waals surface area contributed by atoms with Gasteiger partial charge >= 0.3 is 5.97 Å². The van der Waals surface area contributed by atoms with E-state index < -0.39 is 0 Å². The van der Waals surface area contributed by atoms with Gasteiger partial charge in [0.2, 0.25) is 5.88 Å². The number of carbonyl (C=O) groups is 1. The molecule has 1 aromatic heterocycles. The molecule has 0 saturated heterocycles. The molecule has 0 bridgehead atoms. The number of hydrogen-bond acceptors (Lipinski definition) is 6. The molecular formula is C31H43N3O3. The quantitative estimate of drug-likeness (QED) is 0.180. The molecule has 1 heterocycles. The first-order chi connectivity index (χ1) is 18.1. The van der Waals surface area contributed by atoms with Gasteiger partial charge < -0.3 is 9.47 Å². The molecule has 0 aliphatic heterocycles. The summed E-state index contributed by atoms with van der Waals surface area (Å²) in [6.45, 7) is 5.14. The van der Waals surface area contributed by atoms with E-state index >= 15 is 0 Å². The Morgan fingerprint density at radius 3 is 2.22 bits per heavy atom. The summed E-state index contributed by atoms with van der Waals surface area (Å²) in [6, 6.07) is 13.9. The number of nitrogens with zero attached hydrogens (tertiary/aromatic N) is 3. The van der Waals surface area contributed by atoms with Crippen LogP contribution >= 0.6 is 0 Å². The van der Waals surface area contributed by atoms with Crippen LogP contribution in [0.15, 0.2) is 36.4 Å². The molecule has 200 valence electrons. The summed E-state index contributed by atoms with van der Waals surface area (Å²) in [5.74, 6) is 0.617. The van der Waals surface area contributed by atoms with E-state index in [2.05, 4.69) is 30.1 Å². The molecule has 6 nitrogen and oxygen atoms in total. The van der Waals surface area contributed by atoms with Crippen molar-refractivity contribution in [3.63, 3.8) is 0 Å². The normalized spacial score (nSPS) is 19.2. The highest BCUT2D eigenvalue weighted by atomic mass is 16.5. The minimum Gasteiger partial charge on any atom is -0.494 e. The third kappa shape index (κ3) is 9.14. The van der Waals surface area contributed by atoms with Crippen molar-refractivity contribution in [1.29, 1.82) is 5.26 Å². The fourth-order valence-corrected chi connectivity index (χ4v) is 5.05. The number of carbonyl (C=O) groups excluding carboxylic acids is 1. The molecule has 1 aromatic carbocycles. The summed E-state index contributed by atoms with van der Waals surface area (Å²) >= 11 is 0. The van der Waals surface area contributed by atoms with Crippen molar-refractivity contribution >= 4 is 5.97 Å². The maximum atomic E-state index is 12.7. The predicted octanol–water partition coefficient (Wildman–Crippen LogP) is 8.07. The highest BCUT2D eigenvalue weighted by Crippen LogP contribution is 2.42. The van der Waals surface area contributed by atoms with Gasteiger partial charge in [-0.05, 0) is 68.9 Å². The number of aromatic nitrogens is 2. The van der Waals surface area contributed by atoms with E-state index in [1.54, 1.807) is 6.07 Å². The molecule has 0 N–H and O–H groups in total. The summed E-state index contributed by atoms with van der Waals surface area (Å²) in [4.78, 5) is 12.7. The van der Waals surface area contributed by atoms with Crippen molar-refractivity contribution in [2.45, 2.75) is 104 Å². The predicted molar refractivity (Wildman–Crippen MR) is 146 cm³/mol. The van der Waals surface area contributed by atoms with Crippen molar-refractivity contribution in [3.8, 4) is 29.0 Å². The van der Waals surface area contributed by atoms with Crippen molar-refractivity contribution in [1.82, 2.24) is 10.2 Å². The molecule has 1 aliphatic rings. The molecule has 37 heavy (non-hydrogen) atoms. The van der Waals surface area contributed by atoms with Gasteiger partial charge in [0, 0.05) is 11.6 Å². The number of ether oxygens (including phenoxy) is 2. The molecule has 0 amide bonds. The Labute approximate surface area is 222 Å². The van der Waals surface area contributed by atoms with Crippen molar-refractivity contribution in [2.24, 2.45) is 11.3 Å². The molecule has 6 heteroatoms. The Kier molecular flexibility index (Phi) is 11.9. The zero-order chi connectivity index (χ0) is 26.3. The molecule has 0 atom stereocenters. The topological polar surface area (TPSA) is 85.1 Å². The summed E-state index contributed by atoms with van der Waals surface area (Å²) < 4.78 is 11.4. The number of benzene rings is 1. The first kappa shape index (κ1) is 28.6. The monoisotopic (exact) mass is 505 g/mol. The lowest BCUT2D eigenvalue weighted by molar-refractivity contribution is -0.141. The van der Waals surface area contributed by atoms with E-state index in [0.29, 0.717) is 18.5 Å². The second-order valence-corrected chi connectivity index (χ2v) is 10.4. The zero-order valence-electron chi connectivity index (χ0n) is 22.7. The summed E-state index contributed by atoms with van der Waals surface area (Å²) in [5.41, 5.74) is 1.36. The highest BCUT2D eigenvalue weighted by Gasteiger charge is 2.38. The van der Waals surface area contributed by atoms with Crippen LogP contribution < -0.4 is 9.47 Å². The second kappa shape index (κ2) is 15.3. The minimum absolute atomic E-state index is 0.183. The maximum absolute atomic E-state index is 12.7. The molecule has 0 radical (unpaired) electrons. The van der Waals surface area contributed by atoms with Crippen LogP contribution in [0.3, 0.4) is 0 Å². The minimum atomic E-state index is -0.278. The molecule has 0 spiro atoms. The van der Waals surface area contributed by atoms with Crippen LogP contribution in [0.4, 0.5) is 0 Å². The maximum Gasteiger partial charge on any atom is 0.315 e. The largest absolute Gasteiger partial charge is 0.494 e. The summed E-state index contributed by atoms with van der Waals surface area (Å²) in [6.07, 6.45) is 14.6. The standard InChI is InChI=1S/C31H43N3O3/c1-3-5-7-9-10-20-31(24-32)21-18-26(19-22-31)30(35)37-29-17-16-28(33-34-29)25-12-14-27(15-13-25)36-23-11-8-6-4-2/h12-17,26H,3-11,18-23H2,1-2H3/t26-,31-. The summed E-state index contributed by atoms with van der Waals surface area (Å²) in [7, 11) is 0. The van der Waals surface area contributed by atoms with Crippen LogP contribution in [0.25, 0.3) is 11.3 Å². The van der Waals surface area contributed by atoms with Crippen LogP contribution in [-0.2, 0) is 4.79 Å². The Morgan fingerprint density at radius 2 is 1.59 bits per heavy atom. The lowest BCUT2D eigenvalue weighted by atomic mass is 9.69. The van der Waals surface area contributed by atoms with Crippen molar-refractivity contribution < 1.29 is 14.3 Å². The van der Waals surface area contributed by atoms with Gasteiger partial charge in [-0.2, -0.15) is 5.26 Å². The Balaban J connectivity index is 1.44. The van der Waals surface area contributed by atoms with E-state index in [4.69, 9.17) is 9.47 Å². The van der Waals surface area contributed by atoms with Gasteiger partial charge in [0.05, 0.1) is 29.7 Å². The molecule has 1 fully saturated rings. The van der Waals surface area contributed by atoms with Gasteiger partial charge in [0.1, 0.15) is 5.75 Å². The first-order valence-electron chi connectivity index (χ1n) is 14.3. The average molecular weight is 506 g/mol. The lowest BCUT2D eigenvalue weighted by Gasteiger charge is -2.34. The van der Waals surface area contributed by atoms with Crippen molar-refractivity contribution in [2.75, 3.05) is 6.61 Å². The molecular weight excluding hydrogens is 462 g/mol. The van der Waals surface area contributed by atoms with Gasteiger partial charge in [0.25, 0.3) is 0 Å². The van der Waals surface area contributed by atoms with Crippen molar-refractivity contribution in [3.05, 3.63) is 36.4 Å². The summed E-state index contributed by atoms with van der Waals surface area (Å²) in [5, 5.41) is 18.2. The zero-order valence-corrected chi connectivity index (χ0v) is 22.7. The van der Waals surface area contributed by atoms with E-state index in [9.17, 15) is 10.1 Å². The number of hydrogen-bond donors (Lipinski definition) is 0. The van der Waals surface area contributed by atoms with Crippen LogP contribution in [0.1, 0.15) is 104 Å². The number of nitriles is 1. The number of rotatable bonds is 15. The van der Waals surface area contributed by atoms with E-state index in [0.717, 1.165) is 50.0 Å². The molecule has 0 unspecified atom stereocenters. The van der Waals surface area contributed by atoms with E-state index in [-0.39, 0.29) is 23.2 Å². The van der Waals surface area contributed by atoms with Crippen LogP contribution in [0.5, 0.6) is 11.6 Å². The van der Waals surface area contributed by atoms with Crippen LogP contribution in [0, 0.1) is 22.7 Å². The third-order valence-electron chi connectivity index (χ3n) is 7.53. The van der Waals surface area contributed by atoms with E-state index in [1.165, 1.54) is 44.9 Å². The van der Waals surface area contributed by atoms with Gasteiger partial charge in [-0.25, -0.2) is 0 Å². The smallest absolute Gasteiger partial charge is 0.315 e. The van der Waals surface area contributed by atoms with E-state index in [1.807, 2.05) is 30.3 Å². The van der Waals surface area contributed by atoms with Gasteiger partial charge in [0.15, 0.2) is 0 Å². The SMILES string of the molecule is CCCCCCC[C@]1(C#N)CC[C@H](C(=O)Oc2ccc(-c3ccc(OCCCCCC)cc3)nn2)CC1. The average Bonchev–Trinajstić information content (AvgIpc) is 2.94. The lowest BCUT2D eigenvalue weighted by Crippen LogP contribution is -2.31. The first-order valence-corrected chi connectivity index (χ1v) is 14.3. The van der Waals surface area contributed by atoms with Gasteiger partial charge in [-0.15, -0.1) is 10.2 Å². The molecule has 2 aromatic rings. The molecule has 1 saturated carbocycles. The Bertz CT molecular complexity index is 974. The van der Waals surface area contributed by atoms with Gasteiger partial charge in [-0.3, -0.25) is 4.79 Å². The molecule has 1 aliphatic carbocycles. The third-order valence-corrected chi connectivity index (χ3v) is 7.53. The Morgan fingerprint density at radius 1 is 0.919 bits per heavy atom. The van der Waals surface area contributed by atoms with Crippen LogP contribution in [0.2, 0.25) is 0 Å². The number of esters is 1. The van der Waals surface area contributed by atoms with Crippen LogP contribution in [-0.4, -0.2) is 22.8 Å². The highest BCUT2D eigenvalue weighted by molar-refractivity contribution is 5.75. The molecule has 3 rings (SSSR count). The fourth-order valence-electron chi connectivity index (χ4n) is 5.05. The second-order valence-electron chi connectivity index (χ2n) is 10.4. The van der Waals surface area contributed by atoms with Gasteiger partial charge in [-0.1, -0.05) is 65.2 Å². The number of unbranched alkanes of at least 4 members (excludes halogenated alkanes) is 7. The fraction of sp³-hybridized carbons (Fsp3) is 0.613. The Hall–Kier alpha value is -2.94.